The molecule has 1 aromatic rings. The summed E-state index contributed by atoms with van der Waals surface area (Å²) in [5.74, 6) is -1.89. The molecule has 0 spiro atoms. The lowest BCUT2D eigenvalue weighted by molar-refractivity contribution is -0.222. The van der Waals surface area contributed by atoms with Gasteiger partial charge in [-0.2, -0.15) is 0 Å². The van der Waals surface area contributed by atoms with Crippen LogP contribution in [0.4, 0.5) is 5.69 Å². The molecule has 1 N–H and O–H groups in total. The van der Waals surface area contributed by atoms with Gasteiger partial charge in [-0.25, -0.2) is 9.59 Å². The Labute approximate surface area is 129 Å². The minimum Gasteiger partial charge on any atom is -0.496 e. The van der Waals surface area contributed by atoms with E-state index < -0.39 is 17.7 Å². The van der Waals surface area contributed by atoms with Crippen molar-refractivity contribution in [3.05, 3.63) is 35.0 Å². The van der Waals surface area contributed by atoms with E-state index in [-0.39, 0.29) is 5.57 Å². The molecule has 1 aliphatic rings. The van der Waals surface area contributed by atoms with Gasteiger partial charge in [-0.1, -0.05) is 0 Å². The zero-order chi connectivity index (χ0) is 16.5. The van der Waals surface area contributed by atoms with Crippen LogP contribution in [0.3, 0.4) is 0 Å². The Bertz CT molecular complexity index is 639. The molecule has 22 heavy (non-hydrogen) atoms. The number of carbonyl (C=O) groups excluding carboxylic acids is 2. The topological polar surface area (TPSA) is 73.9 Å². The van der Waals surface area contributed by atoms with Gasteiger partial charge in [0.15, 0.2) is 5.57 Å². The van der Waals surface area contributed by atoms with Crippen LogP contribution in [0.5, 0.6) is 5.75 Å². The van der Waals surface area contributed by atoms with Crippen LogP contribution in [-0.4, -0.2) is 24.8 Å². The number of benzene rings is 1. The molecule has 6 nitrogen and oxygen atoms in total. The number of hydrogen-bond acceptors (Lipinski definition) is 6. The van der Waals surface area contributed by atoms with Gasteiger partial charge >= 0.3 is 11.9 Å². The monoisotopic (exact) mass is 305 g/mol. The number of methoxy groups -OCH3 is 1. The number of hydrogen-bond donors (Lipinski definition) is 1. The molecule has 1 saturated heterocycles. The standard InChI is InChI=1S/C16H19NO5/c1-9-7-13(20-5)10(2)6-12(9)17-8-11-14(18)21-16(3,4)22-15(11)19/h6-8,17H,1-5H3. The van der Waals surface area contributed by atoms with Gasteiger partial charge in [0, 0.05) is 25.7 Å². The minimum absolute atomic E-state index is 0.174. The maximum absolute atomic E-state index is 11.8. The first-order valence-electron chi connectivity index (χ1n) is 6.82. The van der Waals surface area contributed by atoms with E-state index in [0.29, 0.717) is 0 Å². The summed E-state index contributed by atoms with van der Waals surface area (Å²) in [5, 5.41) is 2.94. The van der Waals surface area contributed by atoms with E-state index in [4.69, 9.17) is 14.2 Å². The van der Waals surface area contributed by atoms with Gasteiger partial charge in [-0.05, 0) is 37.1 Å². The van der Waals surface area contributed by atoms with Crippen LogP contribution in [0.2, 0.25) is 0 Å². The second-order valence-electron chi connectivity index (χ2n) is 5.52. The number of cyclic esters (lactones) is 2. The van der Waals surface area contributed by atoms with Gasteiger partial charge in [-0.15, -0.1) is 0 Å². The summed E-state index contributed by atoms with van der Waals surface area (Å²) >= 11 is 0. The van der Waals surface area contributed by atoms with Crippen LogP contribution in [0.1, 0.15) is 25.0 Å². The predicted molar refractivity (Wildman–Crippen MR) is 80.4 cm³/mol. The minimum atomic E-state index is -1.24. The number of rotatable bonds is 3. The quantitative estimate of drug-likeness (QED) is 0.525. The summed E-state index contributed by atoms with van der Waals surface area (Å²) in [5.41, 5.74) is 2.43. The molecule has 1 aliphatic heterocycles. The van der Waals surface area contributed by atoms with Gasteiger partial charge < -0.3 is 19.5 Å². The number of carbonyl (C=O) groups is 2. The third kappa shape index (κ3) is 3.21. The lowest BCUT2D eigenvalue weighted by atomic mass is 10.1. The van der Waals surface area contributed by atoms with E-state index >= 15 is 0 Å². The predicted octanol–water partition coefficient (Wildman–Crippen LogP) is 2.44. The molecular weight excluding hydrogens is 286 g/mol. The first-order chi connectivity index (χ1) is 10.2. The average molecular weight is 305 g/mol. The second-order valence-corrected chi connectivity index (χ2v) is 5.52. The van der Waals surface area contributed by atoms with E-state index in [1.54, 1.807) is 7.11 Å². The number of esters is 2. The molecule has 1 aromatic carbocycles. The molecule has 118 valence electrons. The summed E-state index contributed by atoms with van der Waals surface area (Å²) in [6.45, 7) is 6.81. The summed E-state index contributed by atoms with van der Waals surface area (Å²) < 4.78 is 15.3. The summed E-state index contributed by atoms with van der Waals surface area (Å²) in [6, 6.07) is 3.74. The SMILES string of the molecule is COc1cc(C)c(NC=C2C(=O)OC(C)(C)OC2=O)cc1C. The Morgan fingerprint density at radius 1 is 1.09 bits per heavy atom. The highest BCUT2D eigenvalue weighted by atomic mass is 16.7. The van der Waals surface area contributed by atoms with Crippen molar-refractivity contribution in [2.24, 2.45) is 0 Å². The van der Waals surface area contributed by atoms with Gasteiger partial charge in [0.05, 0.1) is 7.11 Å². The number of ether oxygens (including phenoxy) is 3. The normalized spacial score (nSPS) is 16.7. The van der Waals surface area contributed by atoms with E-state index in [0.717, 1.165) is 22.6 Å². The molecule has 0 bridgehead atoms. The van der Waals surface area contributed by atoms with Crippen molar-refractivity contribution in [1.82, 2.24) is 0 Å². The Balaban J connectivity index is 2.24. The molecule has 0 aromatic heterocycles. The van der Waals surface area contributed by atoms with Crippen molar-refractivity contribution < 1.29 is 23.8 Å². The Hall–Kier alpha value is -2.50. The van der Waals surface area contributed by atoms with Gasteiger partial charge in [0.25, 0.3) is 5.79 Å². The van der Waals surface area contributed by atoms with Crippen molar-refractivity contribution >= 4 is 17.6 Å². The maximum atomic E-state index is 11.8. The highest BCUT2D eigenvalue weighted by Crippen LogP contribution is 2.27. The van der Waals surface area contributed by atoms with Crippen molar-refractivity contribution in [2.45, 2.75) is 33.5 Å². The lowest BCUT2D eigenvalue weighted by Gasteiger charge is -2.29. The molecule has 0 saturated carbocycles. The largest absolute Gasteiger partial charge is 0.496 e. The van der Waals surface area contributed by atoms with E-state index in [1.165, 1.54) is 20.0 Å². The molecule has 2 rings (SSSR count). The Morgan fingerprint density at radius 3 is 2.23 bits per heavy atom. The summed E-state index contributed by atoms with van der Waals surface area (Å²) in [4.78, 5) is 23.7. The Kier molecular flexibility index (Phi) is 4.12. The highest BCUT2D eigenvalue weighted by molar-refractivity contribution is 6.15. The van der Waals surface area contributed by atoms with Gasteiger partial charge in [0.1, 0.15) is 5.75 Å². The van der Waals surface area contributed by atoms with E-state index in [1.807, 2.05) is 26.0 Å². The Morgan fingerprint density at radius 2 is 1.68 bits per heavy atom. The molecule has 1 fully saturated rings. The van der Waals surface area contributed by atoms with Crippen LogP contribution in [-0.2, 0) is 19.1 Å². The third-order valence-electron chi connectivity index (χ3n) is 3.23. The lowest BCUT2D eigenvalue weighted by Crippen LogP contribution is -2.42. The first kappa shape index (κ1) is 15.9. The van der Waals surface area contributed by atoms with Crippen LogP contribution in [0.25, 0.3) is 0 Å². The number of anilines is 1. The van der Waals surface area contributed by atoms with E-state index in [9.17, 15) is 9.59 Å². The van der Waals surface area contributed by atoms with Crippen molar-refractivity contribution in [3.63, 3.8) is 0 Å². The zero-order valence-corrected chi connectivity index (χ0v) is 13.3. The molecule has 0 amide bonds. The van der Waals surface area contributed by atoms with Crippen molar-refractivity contribution in [3.8, 4) is 5.75 Å². The number of nitrogens with one attached hydrogen (secondary N) is 1. The molecule has 0 atom stereocenters. The van der Waals surface area contributed by atoms with E-state index in [2.05, 4.69) is 5.32 Å². The molecule has 0 radical (unpaired) electrons. The third-order valence-corrected chi connectivity index (χ3v) is 3.23. The molecule has 0 aliphatic carbocycles. The fraction of sp³-hybridized carbons (Fsp3) is 0.375. The maximum Gasteiger partial charge on any atom is 0.350 e. The fourth-order valence-corrected chi connectivity index (χ4v) is 2.09. The second kappa shape index (κ2) is 5.71. The summed E-state index contributed by atoms with van der Waals surface area (Å²) in [7, 11) is 1.60. The van der Waals surface area contributed by atoms with Crippen LogP contribution in [0.15, 0.2) is 23.9 Å². The van der Waals surface area contributed by atoms with Gasteiger partial charge in [0.2, 0.25) is 0 Å². The van der Waals surface area contributed by atoms with Crippen molar-refractivity contribution in [1.29, 1.82) is 0 Å². The van der Waals surface area contributed by atoms with Crippen molar-refractivity contribution in [2.75, 3.05) is 12.4 Å². The fourth-order valence-electron chi connectivity index (χ4n) is 2.09. The molecular formula is C16H19NO5. The molecule has 0 unspecified atom stereocenters. The first-order valence-corrected chi connectivity index (χ1v) is 6.82. The van der Waals surface area contributed by atoms with Crippen LogP contribution >= 0.6 is 0 Å². The highest BCUT2D eigenvalue weighted by Gasteiger charge is 2.38. The average Bonchev–Trinajstić information content (AvgIpc) is 2.39. The smallest absolute Gasteiger partial charge is 0.350 e. The van der Waals surface area contributed by atoms with Gasteiger partial charge in [-0.3, -0.25) is 0 Å². The summed E-state index contributed by atoms with van der Waals surface area (Å²) in [6.07, 6.45) is 1.30. The van der Waals surface area contributed by atoms with Crippen LogP contribution < -0.4 is 10.1 Å². The molecule has 1 heterocycles. The molecule has 6 heteroatoms. The zero-order valence-electron chi connectivity index (χ0n) is 13.3. The number of aryl methyl sites for hydroxylation is 2. The van der Waals surface area contributed by atoms with Crippen LogP contribution in [0, 0.1) is 13.8 Å².